The van der Waals surface area contributed by atoms with Crippen molar-refractivity contribution < 1.29 is 1.37 Å². The van der Waals surface area contributed by atoms with Gasteiger partial charge in [-0.2, -0.15) is 0 Å². The van der Waals surface area contributed by atoms with Crippen molar-refractivity contribution in [3.63, 3.8) is 0 Å². The SMILES string of the molecule is [2H]C1(c2cc(C(C)(C)C)c(C)c3ccccc23)CCC(C)(C)CC1. The van der Waals surface area contributed by atoms with Gasteiger partial charge in [0.25, 0.3) is 0 Å². The highest BCUT2D eigenvalue weighted by atomic mass is 14.3. The van der Waals surface area contributed by atoms with Crippen LogP contribution in [0, 0.1) is 12.3 Å². The van der Waals surface area contributed by atoms with E-state index in [1.54, 1.807) is 0 Å². The lowest BCUT2D eigenvalue weighted by Gasteiger charge is -2.36. The van der Waals surface area contributed by atoms with Crippen LogP contribution in [0.2, 0.25) is 0 Å². The molecule has 0 saturated heterocycles. The zero-order chi connectivity index (χ0) is 17.8. The minimum atomic E-state index is -0.442. The van der Waals surface area contributed by atoms with E-state index in [9.17, 15) is 1.37 Å². The molecule has 0 amide bonds. The lowest BCUT2D eigenvalue weighted by Crippen LogP contribution is -2.21. The summed E-state index contributed by atoms with van der Waals surface area (Å²) in [5.74, 6) is -0.442. The van der Waals surface area contributed by atoms with Gasteiger partial charge in [-0.1, -0.05) is 65.0 Å². The van der Waals surface area contributed by atoms with Crippen LogP contribution in [0.25, 0.3) is 10.8 Å². The Balaban J connectivity index is 2.22. The summed E-state index contributed by atoms with van der Waals surface area (Å²) in [6.07, 6.45) is 4.22. The summed E-state index contributed by atoms with van der Waals surface area (Å²) in [4.78, 5) is 0. The topological polar surface area (TPSA) is 0 Å². The van der Waals surface area contributed by atoms with Gasteiger partial charge in [-0.25, -0.2) is 0 Å². The predicted molar refractivity (Wildman–Crippen MR) is 102 cm³/mol. The van der Waals surface area contributed by atoms with Crippen molar-refractivity contribution in [3.05, 3.63) is 47.0 Å². The van der Waals surface area contributed by atoms with Gasteiger partial charge in [0.05, 0.1) is 0 Å². The summed E-state index contributed by atoms with van der Waals surface area (Å²) in [5, 5.41) is 2.62. The summed E-state index contributed by atoms with van der Waals surface area (Å²) < 4.78 is 9.29. The number of fused-ring (bicyclic) bond motifs is 1. The van der Waals surface area contributed by atoms with E-state index in [4.69, 9.17) is 0 Å². The molecular formula is C23H32. The van der Waals surface area contributed by atoms with Crippen LogP contribution in [0.1, 0.15) is 84.3 Å². The van der Waals surface area contributed by atoms with Crippen LogP contribution in [0.4, 0.5) is 0 Å². The van der Waals surface area contributed by atoms with E-state index in [0.717, 1.165) is 25.7 Å². The van der Waals surface area contributed by atoms with E-state index in [1.165, 1.54) is 27.5 Å². The van der Waals surface area contributed by atoms with Crippen LogP contribution >= 0.6 is 0 Å². The summed E-state index contributed by atoms with van der Waals surface area (Å²) >= 11 is 0. The van der Waals surface area contributed by atoms with Crippen LogP contribution in [-0.4, -0.2) is 0 Å². The summed E-state index contributed by atoms with van der Waals surface area (Å²) in [7, 11) is 0. The molecule has 1 fully saturated rings. The molecular weight excluding hydrogens is 276 g/mol. The van der Waals surface area contributed by atoms with Gasteiger partial charge in [0.1, 0.15) is 0 Å². The van der Waals surface area contributed by atoms with Gasteiger partial charge in [-0.15, -0.1) is 0 Å². The molecule has 0 N–H and O–H groups in total. The summed E-state index contributed by atoms with van der Waals surface area (Å²) in [5.41, 5.74) is 4.52. The van der Waals surface area contributed by atoms with Crippen LogP contribution in [0.5, 0.6) is 0 Å². The monoisotopic (exact) mass is 309 g/mol. The van der Waals surface area contributed by atoms with Gasteiger partial charge >= 0.3 is 0 Å². The zero-order valence-electron chi connectivity index (χ0n) is 16.7. The third kappa shape index (κ3) is 3.18. The van der Waals surface area contributed by atoms with Gasteiger partial charge in [-0.05, 0) is 76.8 Å². The van der Waals surface area contributed by atoms with Crippen molar-refractivity contribution in [2.24, 2.45) is 5.41 Å². The third-order valence-electron chi connectivity index (χ3n) is 5.71. The van der Waals surface area contributed by atoms with Crippen LogP contribution in [0.15, 0.2) is 30.3 Å². The molecule has 1 aliphatic carbocycles. The Bertz CT molecular complexity index is 751. The highest BCUT2D eigenvalue weighted by Gasteiger charge is 2.29. The molecule has 124 valence electrons. The van der Waals surface area contributed by atoms with E-state index < -0.39 is 5.89 Å². The molecule has 0 heteroatoms. The number of rotatable bonds is 1. The maximum absolute atomic E-state index is 9.29. The first-order valence-electron chi connectivity index (χ1n) is 9.57. The van der Waals surface area contributed by atoms with Crippen molar-refractivity contribution in [2.45, 2.75) is 78.5 Å². The van der Waals surface area contributed by atoms with Gasteiger partial charge in [0.2, 0.25) is 0 Å². The van der Waals surface area contributed by atoms with Crippen molar-refractivity contribution >= 4 is 10.8 Å². The summed E-state index contributed by atoms with van der Waals surface area (Å²) in [6, 6.07) is 11.1. The summed E-state index contributed by atoms with van der Waals surface area (Å²) in [6.45, 7) is 13.8. The number of aryl methyl sites for hydroxylation is 1. The van der Waals surface area contributed by atoms with E-state index in [1.807, 2.05) is 0 Å². The molecule has 3 rings (SSSR count). The Hall–Kier alpha value is -1.30. The van der Waals surface area contributed by atoms with E-state index in [0.29, 0.717) is 5.41 Å². The Morgan fingerprint density at radius 3 is 2.17 bits per heavy atom. The van der Waals surface area contributed by atoms with Crippen molar-refractivity contribution in [3.8, 4) is 0 Å². The van der Waals surface area contributed by atoms with Gasteiger partial charge in [0.15, 0.2) is 0 Å². The fourth-order valence-corrected chi connectivity index (χ4v) is 4.09. The molecule has 2 aromatic carbocycles. The third-order valence-corrected chi connectivity index (χ3v) is 5.71. The molecule has 23 heavy (non-hydrogen) atoms. The molecule has 1 aliphatic rings. The number of hydrogen-bond donors (Lipinski definition) is 0. The maximum Gasteiger partial charge on any atom is 0.0352 e. The van der Waals surface area contributed by atoms with Crippen LogP contribution in [-0.2, 0) is 5.41 Å². The molecule has 0 aromatic heterocycles. The molecule has 1 saturated carbocycles. The maximum atomic E-state index is 9.29. The van der Waals surface area contributed by atoms with E-state index in [-0.39, 0.29) is 5.41 Å². The second kappa shape index (κ2) is 5.65. The normalized spacial score (nSPS) is 21.2. The Morgan fingerprint density at radius 2 is 1.61 bits per heavy atom. The average Bonchev–Trinajstić information content (AvgIpc) is 2.50. The smallest absolute Gasteiger partial charge is 0.0352 e. The quantitative estimate of drug-likeness (QED) is 0.525. The molecule has 0 atom stereocenters. The highest BCUT2D eigenvalue weighted by Crippen LogP contribution is 2.45. The van der Waals surface area contributed by atoms with E-state index >= 15 is 0 Å². The minimum Gasteiger partial charge on any atom is -0.0616 e. The molecule has 0 spiro atoms. The van der Waals surface area contributed by atoms with Gasteiger partial charge in [0, 0.05) is 1.37 Å². The fourth-order valence-electron chi connectivity index (χ4n) is 4.09. The lowest BCUT2D eigenvalue weighted by atomic mass is 9.69. The first kappa shape index (κ1) is 15.2. The first-order chi connectivity index (χ1) is 11.0. The second-order valence-corrected chi connectivity index (χ2v) is 9.16. The molecule has 0 unspecified atom stereocenters. The number of benzene rings is 2. The second-order valence-electron chi connectivity index (χ2n) is 9.16. The molecule has 0 aliphatic heterocycles. The average molecular weight is 310 g/mol. The van der Waals surface area contributed by atoms with Crippen LogP contribution in [0.3, 0.4) is 0 Å². The minimum absolute atomic E-state index is 0.104. The standard InChI is InChI=1S/C23H32/c1-16-18-9-7-8-10-19(18)20(15-21(16)22(2,3)4)17-11-13-23(5,6)14-12-17/h7-10,15,17H,11-14H2,1-6H3/i17D. The largest absolute Gasteiger partial charge is 0.0616 e. The predicted octanol–water partition coefficient (Wildman–Crippen LogP) is 7.13. The van der Waals surface area contributed by atoms with Crippen molar-refractivity contribution in [1.82, 2.24) is 0 Å². The number of hydrogen-bond acceptors (Lipinski definition) is 0. The Labute approximate surface area is 143 Å². The zero-order valence-corrected chi connectivity index (χ0v) is 15.7. The molecule has 0 heterocycles. The fraction of sp³-hybridized carbons (Fsp3) is 0.565. The lowest BCUT2D eigenvalue weighted by molar-refractivity contribution is 0.225. The van der Waals surface area contributed by atoms with Crippen molar-refractivity contribution in [1.29, 1.82) is 0 Å². The molecule has 2 aromatic rings. The van der Waals surface area contributed by atoms with Gasteiger partial charge < -0.3 is 0 Å². The van der Waals surface area contributed by atoms with E-state index in [2.05, 4.69) is 71.9 Å². The van der Waals surface area contributed by atoms with Gasteiger partial charge in [-0.3, -0.25) is 0 Å². The first-order valence-corrected chi connectivity index (χ1v) is 9.07. The Morgan fingerprint density at radius 1 is 1.04 bits per heavy atom. The molecule has 0 bridgehead atoms. The van der Waals surface area contributed by atoms with Crippen molar-refractivity contribution in [2.75, 3.05) is 0 Å². The molecule has 0 nitrogen and oxygen atoms in total. The van der Waals surface area contributed by atoms with Crippen LogP contribution < -0.4 is 0 Å². The molecule has 0 radical (unpaired) electrons. The Kier molecular flexibility index (Phi) is 3.75. The highest BCUT2D eigenvalue weighted by molar-refractivity contribution is 5.90.